The lowest BCUT2D eigenvalue weighted by Crippen LogP contribution is -1.95. The number of para-hydroxylation sites is 1. The molecular formula is C22H18N2O3. The lowest BCUT2D eigenvalue weighted by molar-refractivity contribution is 0.264. The van der Waals surface area contributed by atoms with E-state index < -0.39 is 0 Å². The first-order valence-electron chi connectivity index (χ1n) is 8.62. The molecule has 0 N–H and O–H groups in total. The Morgan fingerprint density at radius 1 is 0.741 bits per heavy atom. The molecule has 0 bridgehead atoms. The summed E-state index contributed by atoms with van der Waals surface area (Å²) in [6, 6.07) is 24.9. The van der Waals surface area contributed by atoms with Crippen molar-refractivity contribution in [2.45, 2.75) is 13.5 Å². The van der Waals surface area contributed by atoms with E-state index in [9.17, 15) is 0 Å². The molecule has 5 nitrogen and oxygen atoms in total. The minimum absolute atomic E-state index is 0.206. The van der Waals surface area contributed by atoms with E-state index in [0.29, 0.717) is 17.5 Å². The first kappa shape index (κ1) is 16.8. The van der Waals surface area contributed by atoms with E-state index in [2.05, 4.69) is 10.2 Å². The molecule has 0 fully saturated rings. The van der Waals surface area contributed by atoms with E-state index >= 15 is 0 Å². The van der Waals surface area contributed by atoms with Crippen LogP contribution in [0.3, 0.4) is 0 Å². The minimum Gasteiger partial charge on any atom is -0.484 e. The maximum atomic E-state index is 5.76. The van der Waals surface area contributed by atoms with Gasteiger partial charge in [0.25, 0.3) is 5.89 Å². The number of aryl methyl sites for hydroxylation is 1. The van der Waals surface area contributed by atoms with Crippen molar-refractivity contribution < 1.29 is 13.9 Å². The molecule has 0 aliphatic heterocycles. The van der Waals surface area contributed by atoms with Crippen LogP contribution >= 0.6 is 0 Å². The zero-order valence-corrected chi connectivity index (χ0v) is 14.8. The molecule has 0 unspecified atom stereocenters. The maximum Gasteiger partial charge on any atom is 0.254 e. The fraction of sp³-hybridized carbons (Fsp3) is 0.0909. The second-order valence-corrected chi connectivity index (χ2v) is 5.99. The van der Waals surface area contributed by atoms with Crippen LogP contribution in [0.1, 0.15) is 11.5 Å². The molecule has 0 aliphatic rings. The van der Waals surface area contributed by atoms with Gasteiger partial charge in [-0.05, 0) is 55.0 Å². The zero-order valence-electron chi connectivity index (χ0n) is 14.8. The van der Waals surface area contributed by atoms with Gasteiger partial charge in [0.1, 0.15) is 17.2 Å². The monoisotopic (exact) mass is 358 g/mol. The summed E-state index contributed by atoms with van der Waals surface area (Å²) < 4.78 is 17.2. The Balaban J connectivity index is 1.37. The summed E-state index contributed by atoms with van der Waals surface area (Å²) in [7, 11) is 0. The topological polar surface area (TPSA) is 57.4 Å². The van der Waals surface area contributed by atoms with Crippen LogP contribution in [0.4, 0.5) is 0 Å². The SMILES string of the molecule is Cc1ccccc1-c1nnc(COc2ccc(Oc3ccccc3)cc2)o1. The standard InChI is InChI=1S/C22H18N2O3/c1-16-7-5-6-10-20(16)22-24-23-21(27-22)15-25-17-11-13-19(14-12-17)26-18-8-3-2-4-9-18/h2-14H,15H2,1H3. The third-order valence-corrected chi connectivity index (χ3v) is 4.01. The Hall–Kier alpha value is -3.60. The summed E-state index contributed by atoms with van der Waals surface area (Å²) in [5.41, 5.74) is 2.02. The first-order chi connectivity index (χ1) is 13.3. The lowest BCUT2D eigenvalue weighted by Gasteiger charge is -2.07. The van der Waals surface area contributed by atoms with Crippen LogP contribution in [-0.2, 0) is 6.61 Å². The Morgan fingerprint density at radius 2 is 1.41 bits per heavy atom. The Morgan fingerprint density at radius 3 is 2.19 bits per heavy atom. The van der Waals surface area contributed by atoms with Crippen LogP contribution in [0, 0.1) is 6.92 Å². The van der Waals surface area contributed by atoms with Crippen molar-refractivity contribution in [2.24, 2.45) is 0 Å². The van der Waals surface area contributed by atoms with Gasteiger partial charge in [-0.1, -0.05) is 36.4 Å². The number of hydrogen-bond donors (Lipinski definition) is 0. The Kier molecular flexibility index (Phi) is 4.83. The van der Waals surface area contributed by atoms with Gasteiger partial charge in [-0.2, -0.15) is 0 Å². The molecule has 0 aliphatic carbocycles. The van der Waals surface area contributed by atoms with Crippen molar-refractivity contribution in [1.82, 2.24) is 10.2 Å². The molecule has 0 amide bonds. The molecule has 1 heterocycles. The molecule has 27 heavy (non-hydrogen) atoms. The van der Waals surface area contributed by atoms with Crippen LogP contribution in [0.2, 0.25) is 0 Å². The number of aromatic nitrogens is 2. The Bertz CT molecular complexity index is 1010. The highest BCUT2D eigenvalue weighted by atomic mass is 16.5. The number of ether oxygens (including phenoxy) is 2. The van der Waals surface area contributed by atoms with Gasteiger partial charge in [0, 0.05) is 5.56 Å². The van der Waals surface area contributed by atoms with E-state index in [4.69, 9.17) is 13.9 Å². The molecule has 0 atom stereocenters. The van der Waals surface area contributed by atoms with Gasteiger partial charge in [-0.3, -0.25) is 0 Å². The quantitative estimate of drug-likeness (QED) is 0.461. The van der Waals surface area contributed by atoms with Crippen molar-refractivity contribution in [2.75, 3.05) is 0 Å². The first-order valence-corrected chi connectivity index (χ1v) is 8.62. The summed E-state index contributed by atoms with van der Waals surface area (Å²) >= 11 is 0. The van der Waals surface area contributed by atoms with E-state index in [1.807, 2.05) is 85.8 Å². The van der Waals surface area contributed by atoms with Crippen LogP contribution in [0.25, 0.3) is 11.5 Å². The smallest absolute Gasteiger partial charge is 0.254 e. The highest BCUT2D eigenvalue weighted by Crippen LogP contribution is 2.25. The number of nitrogens with zero attached hydrogens (tertiary/aromatic N) is 2. The van der Waals surface area contributed by atoms with E-state index in [1.165, 1.54) is 0 Å². The summed E-state index contributed by atoms with van der Waals surface area (Å²) in [6.07, 6.45) is 0. The number of hydrogen-bond acceptors (Lipinski definition) is 5. The second-order valence-electron chi connectivity index (χ2n) is 5.99. The molecule has 4 aromatic rings. The average molecular weight is 358 g/mol. The van der Waals surface area contributed by atoms with Crippen molar-refractivity contribution in [1.29, 1.82) is 0 Å². The molecule has 0 radical (unpaired) electrons. The van der Waals surface area contributed by atoms with Crippen molar-refractivity contribution >= 4 is 0 Å². The lowest BCUT2D eigenvalue weighted by atomic mass is 10.1. The minimum atomic E-state index is 0.206. The van der Waals surface area contributed by atoms with Crippen LogP contribution in [-0.4, -0.2) is 10.2 Å². The van der Waals surface area contributed by atoms with Gasteiger partial charge in [-0.25, -0.2) is 0 Å². The third kappa shape index (κ3) is 4.15. The van der Waals surface area contributed by atoms with Gasteiger partial charge in [0.05, 0.1) is 0 Å². The fourth-order valence-electron chi connectivity index (χ4n) is 2.61. The zero-order chi connectivity index (χ0) is 18.5. The highest BCUT2D eigenvalue weighted by molar-refractivity contribution is 5.57. The number of rotatable bonds is 6. The summed E-state index contributed by atoms with van der Waals surface area (Å²) in [4.78, 5) is 0. The molecular weight excluding hydrogens is 340 g/mol. The van der Waals surface area contributed by atoms with Gasteiger partial charge >= 0.3 is 0 Å². The summed E-state index contributed by atoms with van der Waals surface area (Å²) in [6.45, 7) is 2.21. The molecule has 134 valence electrons. The van der Waals surface area contributed by atoms with E-state index in [1.54, 1.807) is 0 Å². The summed E-state index contributed by atoms with van der Waals surface area (Å²) in [5, 5.41) is 8.16. The second kappa shape index (κ2) is 7.74. The predicted octanol–water partition coefficient (Wildman–Crippen LogP) is 5.42. The predicted molar refractivity (Wildman–Crippen MR) is 102 cm³/mol. The third-order valence-electron chi connectivity index (χ3n) is 4.01. The molecule has 0 saturated heterocycles. The van der Waals surface area contributed by atoms with Gasteiger partial charge in [0.15, 0.2) is 6.61 Å². The van der Waals surface area contributed by atoms with Gasteiger partial charge in [-0.15, -0.1) is 10.2 Å². The van der Waals surface area contributed by atoms with Crippen LogP contribution < -0.4 is 9.47 Å². The van der Waals surface area contributed by atoms with Crippen LogP contribution in [0.5, 0.6) is 17.2 Å². The average Bonchev–Trinajstić information content (AvgIpc) is 3.17. The number of benzene rings is 3. The molecule has 3 aromatic carbocycles. The summed E-state index contributed by atoms with van der Waals surface area (Å²) in [5.74, 6) is 3.16. The van der Waals surface area contributed by atoms with Gasteiger partial charge < -0.3 is 13.9 Å². The van der Waals surface area contributed by atoms with Crippen molar-refractivity contribution in [3.8, 4) is 28.7 Å². The Labute approximate surface area is 157 Å². The normalized spacial score (nSPS) is 10.6. The molecule has 4 rings (SSSR count). The molecule has 1 aromatic heterocycles. The van der Waals surface area contributed by atoms with Crippen molar-refractivity contribution in [3.05, 3.63) is 90.3 Å². The largest absolute Gasteiger partial charge is 0.484 e. The van der Waals surface area contributed by atoms with Crippen molar-refractivity contribution in [3.63, 3.8) is 0 Å². The van der Waals surface area contributed by atoms with Gasteiger partial charge in [0.2, 0.25) is 5.89 Å². The highest BCUT2D eigenvalue weighted by Gasteiger charge is 2.11. The van der Waals surface area contributed by atoms with E-state index in [0.717, 1.165) is 22.6 Å². The van der Waals surface area contributed by atoms with E-state index in [-0.39, 0.29) is 6.61 Å². The molecule has 0 saturated carbocycles. The maximum absolute atomic E-state index is 5.76. The fourth-order valence-corrected chi connectivity index (χ4v) is 2.61. The molecule has 5 heteroatoms. The molecule has 0 spiro atoms. The van der Waals surface area contributed by atoms with Crippen LogP contribution in [0.15, 0.2) is 83.3 Å².